The highest BCUT2D eigenvalue weighted by molar-refractivity contribution is 7.26. The lowest BCUT2D eigenvalue weighted by molar-refractivity contribution is 0.635. The minimum Gasteiger partial charge on any atom is -0.456 e. The number of anilines is 6. The van der Waals surface area contributed by atoms with E-state index in [0.29, 0.717) is 0 Å². The minimum atomic E-state index is -2.24. The van der Waals surface area contributed by atoms with Crippen molar-refractivity contribution in [2.75, 3.05) is 9.80 Å². The Morgan fingerprint density at radius 2 is 0.829 bits per heavy atom. The van der Waals surface area contributed by atoms with Crippen LogP contribution in [0.2, 0.25) is 13.1 Å². The topological polar surface area (TPSA) is 19.6 Å². The average molecular weight is 949 g/mol. The van der Waals surface area contributed by atoms with Crippen LogP contribution in [0.4, 0.5) is 34.1 Å². The van der Waals surface area contributed by atoms with Gasteiger partial charge in [-0.1, -0.05) is 177 Å². The first-order valence-corrected chi connectivity index (χ1v) is 28.5. The maximum atomic E-state index is 7.33. The predicted octanol–water partition coefficient (Wildman–Crippen LogP) is 18.2. The van der Waals surface area contributed by atoms with Gasteiger partial charge >= 0.3 is 0 Å². The van der Waals surface area contributed by atoms with Crippen molar-refractivity contribution in [2.24, 2.45) is 0 Å². The summed E-state index contributed by atoms with van der Waals surface area (Å²) in [5, 5.41) is 9.08. The minimum absolute atomic E-state index is 0.908. The van der Waals surface area contributed by atoms with Gasteiger partial charge in [-0.25, -0.2) is 0 Å². The lowest BCUT2D eigenvalue weighted by atomic mass is 10.0. The van der Waals surface area contributed by atoms with Gasteiger partial charge in [0.15, 0.2) is 0 Å². The molecule has 3 nitrogen and oxygen atoms in total. The van der Waals surface area contributed by atoms with Gasteiger partial charge < -0.3 is 14.2 Å². The van der Waals surface area contributed by atoms with Crippen molar-refractivity contribution in [3.05, 3.63) is 231 Å². The molecule has 0 aliphatic carbocycles. The van der Waals surface area contributed by atoms with Crippen molar-refractivity contribution in [2.45, 2.75) is 13.1 Å². The van der Waals surface area contributed by atoms with E-state index >= 15 is 0 Å². The Bertz CT molecular complexity index is 4190. The summed E-state index contributed by atoms with van der Waals surface area (Å²) in [5.74, 6) is 1.000. The highest BCUT2D eigenvalue weighted by Gasteiger charge is 2.43. The summed E-state index contributed by atoms with van der Waals surface area (Å²) < 4.78 is 12.4. The smallest absolute Gasteiger partial charge is 0.136 e. The molecular formula is C64H44N2OS2Si. The van der Waals surface area contributed by atoms with E-state index in [-0.39, 0.29) is 0 Å². The largest absolute Gasteiger partial charge is 0.456 e. The van der Waals surface area contributed by atoms with Gasteiger partial charge in [0, 0.05) is 70.5 Å². The summed E-state index contributed by atoms with van der Waals surface area (Å²) in [4.78, 5) is 4.95. The second kappa shape index (κ2) is 16.0. The summed E-state index contributed by atoms with van der Waals surface area (Å²) in [6, 6.07) is 84.4. The molecule has 332 valence electrons. The lowest BCUT2D eigenvalue weighted by Gasteiger charge is -2.29. The molecule has 6 heteroatoms. The first-order valence-electron chi connectivity index (χ1n) is 23.9. The fourth-order valence-corrected chi connectivity index (χ4v) is 16.9. The third kappa shape index (κ3) is 6.30. The first kappa shape index (κ1) is 41.0. The molecule has 0 N–H and O–H groups in total. The quantitative estimate of drug-likeness (QED) is 0.142. The summed E-state index contributed by atoms with van der Waals surface area (Å²) in [7, 11) is -2.24. The molecule has 70 heavy (non-hydrogen) atoms. The molecule has 0 radical (unpaired) electrons. The molecule has 0 saturated carbocycles. The molecular weight excluding hydrogens is 905 g/mol. The van der Waals surface area contributed by atoms with Crippen molar-refractivity contribution in [3.63, 3.8) is 0 Å². The molecule has 13 aromatic rings. The van der Waals surface area contributed by atoms with Gasteiger partial charge in [0.05, 0.1) is 32.1 Å². The number of benzene rings is 10. The first-order chi connectivity index (χ1) is 34.5. The SMILES string of the molecule is C[Si]1(C)c2ccc(N(c3ccccc3-c3ccccc3)c3cccc4c3sc3ccccc34)cc2-c2oc3cc(N(c4ccccc4-c4ccccc4)c4cccc5c4sc4ccccc45)ccc3c21. The van der Waals surface area contributed by atoms with Gasteiger partial charge in [-0.3, -0.25) is 0 Å². The molecule has 14 rings (SSSR count). The Labute approximate surface area is 415 Å². The second-order valence-corrected chi connectivity index (χ2v) is 25.2. The maximum absolute atomic E-state index is 7.33. The monoisotopic (exact) mass is 948 g/mol. The molecule has 0 spiro atoms. The van der Waals surface area contributed by atoms with Crippen molar-refractivity contribution in [1.82, 2.24) is 0 Å². The predicted molar refractivity (Wildman–Crippen MR) is 304 cm³/mol. The van der Waals surface area contributed by atoms with E-state index in [1.807, 2.05) is 22.7 Å². The number of thiophene rings is 2. The normalized spacial score (nSPS) is 12.8. The zero-order valence-corrected chi connectivity index (χ0v) is 41.2. The van der Waals surface area contributed by atoms with Gasteiger partial charge in [0.25, 0.3) is 0 Å². The number of para-hydroxylation sites is 2. The summed E-state index contributed by atoms with van der Waals surface area (Å²) in [6.45, 7) is 4.98. The van der Waals surface area contributed by atoms with Gasteiger partial charge in [0.1, 0.15) is 19.4 Å². The van der Waals surface area contributed by atoms with Gasteiger partial charge in [0.2, 0.25) is 0 Å². The third-order valence-electron chi connectivity index (χ3n) is 14.4. The van der Waals surface area contributed by atoms with Crippen LogP contribution in [0.3, 0.4) is 0 Å². The van der Waals surface area contributed by atoms with E-state index in [0.717, 1.165) is 45.5 Å². The molecule has 0 bridgehead atoms. The number of nitrogens with zero attached hydrogens (tertiary/aromatic N) is 2. The van der Waals surface area contributed by atoms with E-state index in [9.17, 15) is 0 Å². The van der Waals surface area contributed by atoms with Crippen molar-refractivity contribution < 1.29 is 4.42 Å². The summed E-state index contributed by atoms with van der Waals surface area (Å²) in [6.07, 6.45) is 0. The van der Waals surface area contributed by atoms with Crippen LogP contribution in [-0.2, 0) is 0 Å². The highest BCUT2D eigenvalue weighted by atomic mass is 32.1. The fraction of sp³-hybridized carbons (Fsp3) is 0.0312. The fourth-order valence-electron chi connectivity index (χ4n) is 11.3. The molecule has 0 fully saturated rings. The van der Waals surface area contributed by atoms with Gasteiger partial charge in [-0.15, -0.1) is 22.7 Å². The van der Waals surface area contributed by atoms with Crippen LogP contribution in [0.15, 0.2) is 235 Å². The molecule has 10 aromatic carbocycles. The molecule has 1 aliphatic heterocycles. The molecule has 4 heterocycles. The van der Waals surface area contributed by atoms with Crippen LogP contribution in [0.25, 0.3) is 84.9 Å². The molecule has 3 aromatic heterocycles. The van der Waals surface area contributed by atoms with Gasteiger partial charge in [-0.05, 0) is 82.2 Å². The Kier molecular flexibility index (Phi) is 9.40. The van der Waals surface area contributed by atoms with Crippen LogP contribution < -0.4 is 20.2 Å². The van der Waals surface area contributed by atoms with Crippen LogP contribution >= 0.6 is 22.7 Å². The van der Waals surface area contributed by atoms with Crippen LogP contribution in [-0.4, -0.2) is 8.07 Å². The molecule has 1 aliphatic rings. The van der Waals surface area contributed by atoms with Crippen LogP contribution in [0.5, 0.6) is 0 Å². The Hall–Kier alpha value is -8.00. The van der Waals surface area contributed by atoms with E-state index in [1.54, 1.807) is 0 Å². The highest BCUT2D eigenvalue weighted by Crippen LogP contribution is 2.50. The number of rotatable bonds is 8. The van der Waals surface area contributed by atoms with E-state index < -0.39 is 8.07 Å². The van der Waals surface area contributed by atoms with Gasteiger partial charge in [-0.2, -0.15) is 0 Å². The van der Waals surface area contributed by atoms with Crippen molar-refractivity contribution in [3.8, 4) is 33.6 Å². The van der Waals surface area contributed by atoms with Crippen molar-refractivity contribution in [1.29, 1.82) is 0 Å². The number of furan rings is 1. The zero-order chi connectivity index (χ0) is 46.5. The average Bonchev–Trinajstić information content (AvgIpc) is 4.16. The maximum Gasteiger partial charge on any atom is 0.136 e. The van der Waals surface area contributed by atoms with E-state index in [1.165, 1.54) is 83.9 Å². The number of fused-ring (bicyclic) bond motifs is 11. The Balaban J connectivity index is 0.967. The molecule has 0 atom stereocenters. The standard InChI is InChI=1S/C64H44N2OS2Si/c1-70(2)60-38-36-43(65(53-29-13-9-23-45(53)41-19-5-3-6-20-41)55-31-17-27-49-47-25-11-15-33-58(47)68-62(49)55)39-52(60)61-64(70)51-37-35-44(40-57(51)67-61)66(54-30-14-10-24-46(54)42-21-7-4-8-22-42)56-32-18-28-50-48-26-12-16-34-59(48)69-63(50)56/h3-40H,1-2H3. The molecule has 0 saturated heterocycles. The number of hydrogen-bond acceptors (Lipinski definition) is 5. The zero-order valence-electron chi connectivity index (χ0n) is 38.6. The van der Waals surface area contributed by atoms with Crippen LogP contribution in [0, 0.1) is 0 Å². The second-order valence-electron chi connectivity index (χ2n) is 18.8. The molecule has 0 unspecified atom stereocenters. The Morgan fingerprint density at radius 1 is 0.371 bits per heavy atom. The van der Waals surface area contributed by atoms with E-state index in [4.69, 9.17) is 4.42 Å². The number of hydrogen-bond donors (Lipinski definition) is 0. The molecule has 0 amide bonds. The third-order valence-corrected chi connectivity index (χ3v) is 20.4. The van der Waals surface area contributed by atoms with Crippen molar-refractivity contribution >= 4 is 127 Å². The summed E-state index contributed by atoms with van der Waals surface area (Å²) >= 11 is 3.73. The lowest BCUT2D eigenvalue weighted by Crippen LogP contribution is -2.49. The van der Waals surface area contributed by atoms with Crippen LogP contribution in [0.1, 0.15) is 0 Å². The summed E-state index contributed by atoms with van der Waals surface area (Å²) in [5.41, 5.74) is 13.5. The van der Waals surface area contributed by atoms with E-state index in [2.05, 4.69) is 253 Å². The Morgan fingerprint density at radius 3 is 1.40 bits per heavy atom.